The van der Waals surface area contributed by atoms with Gasteiger partial charge in [0.05, 0.1) is 0 Å². The van der Waals surface area contributed by atoms with Crippen molar-refractivity contribution in [1.29, 1.82) is 0 Å². The quantitative estimate of drug-likeness (QED) is 0.506. The summed E-state index contributed by atoms with van der Waals surface area (Å²) in [5.74, 6) is 1.63. The molecular formula is C19H26. The van der Waals surface area contributed by atoms with E-state index >= 15 is 0 Å². The monoisotopic (exact) mass is 254 g/mol. The standard InChI is InChI=1S/C19H26/c1-18-11-5-7-16(18)15-9-8-14-6-3-4-12-19(14,2)17(15)10-13-18/h3-4,6,12,14,17H,5,7-11,13H2,1-2H3/t14?,17-,18-,19-/m0/s1. The lowest BCUT2D eigenvalue weighted by Crippen LogP contribution is -2.42. The molecule has 4 rings (SSSR count). The average molecular weight is 254 g/mol. The second-order valence-corrected chi connectivity index (χ2v) is 7.76. The van der Waals surface area contributed by atoms with E-state index in [-0.39, 0.29) is 0 Å². The van der Waals surface area contributed by atoms with Gasteiger partial charge in [-0.2, -0.15) is 0 Å². The van der Waals surface area contributed by atoms with E-state index in [1.54, 1.807) is 0 Å². The number of rotatable bonds is 0. The van der Waals surface area contributed by atoms with Gasteiger partial charge in [0.1, 0.15) is 0 Å². The Kier molecular flexibility index (Phi) is 2.44. The molecule has 0 radical (unpaired) electrons. The minimum Gasteiger partial charge on any atom is -0.0805 e. The molecule has 0 amide bonds. The van der Waals surface area contributed by atoms with Gasteiger partial charge >= 0.3 is 0 Å². The van der Waals surface area contributed by atoms with Crippen molar-refractivity contribution in [2.75, 3.05) is 0 Å². The molecule has 0 heteroatoms. The molecule has 102 valence electrons. The molecule has 0 aromatic rings. The highest BCUT2D eigenvalue weighted by Crippen LogP contribution is 2.61. The Labute approximate surface area is 117 Å². The summed E-state index contributed by atoms with van der Waals surface area (Å²) in [6.45, 7) is 5.07. The third kappa shape index (κ3) is 1.52. The molecule has 1 unspecified atom stereocenters. The van der Waals surface area contributed by atoms with Crippen LogP contribution in [0.1, 0.15) is 58.8 Å². The van der Waals surface area contributed by atoms with Crippen LogP contribution in [-0.2, 0) is 0 Å². The van der Waals surface area contributed by atoms with Crippen molar-refractivity contribution in [1.82, 2.24) is 0 Å². The highest BCUT2D eigenvalue weighted by atomic mass is 14.5. The number of hydrogen-bond acceptors (Lipinski definition) is 0. The molecule has 0 aliphatic heterocycles. The van der Waals surface area contributed by atoms with Crippen LogP contribution in [0.25, 0.3) is 0 Å². The predicted octanol–water partition coefficient (Wildman–Crippen LogP) is 5.43. The fourth-order valence-electron chi connectivity index (χ4n) is 5.68. The van der Waals surface area contributed by atoms with E-state index in [9.17, 15) is 0 Å². The zero-order valence-corrected chi connectivity index (χ0v) is 12.4. The van der Waals surface area contributed by atoms with E-state index < -0.39 is 0 Å². The maximum absolute atomic E-state index is 2.55. The molecule has 4 atom stereocenters. The molecule has 0 aromatic carbocycles. The van der Waals surface area contributed by atoms with E-state index in [4.69, 9.17) is 0 Å². The lowest BCUT2D eigenvalue weighted by molar-refractivity contribution is 0.126. The zero-order valence-electron chi connectivity index (χ0n) is 12.4. The predicted molar refractivity (Wildman–Crippen MR) is 80.8 cm³/mol. The van der Waals surface area contributed by atoms with Crippen LogP contribution in [0.4, 0.5) is 0 Å². The van der Waals surface area contributed by atoms with Gasteiger partial charge in [-0.05, 0) is 67.6 Å². The van der Waals surface area contributed by atoms with Crippen LogP contribution in [0, 0.1) is 22.7 Å². The van der Waals surface area contributed by atoms with Crippen molar-refractivity contribution in [2.24, 2.45) is 22.7 Å². The Hall–Kier alpha value is -0.780. The van der Waals surface area contributed by atoms with Gasteiger partial charge < -0.3 is 0 Å². The summed E-state index contributed by atoms with van der Waals surface area (Å²) < 4.78 is 0. The summed E-state index contributed by atoms with van der Waals surface area (Å²) in [7, 11) is 0. The number of fused-ring (bicyclic) bond motifs is 4. The van der Waals surface area contributed by atoms with Crippen molar-refractivity contribution in [3.63, 3.8) is 0 Å². The number of hydrogen-bond donors (Lipinski definition) is 0. The zero-order chi connectivity index (χ0) is 13.1. The summed E-state index contributed by atoms with van der Waals surface area (Å²) in [6, 6.07) is 0. The Balaban J connectivity index is 1.81. The van der Waals surface area contributed by atoms with E-state index in [2.05, 4.69) is 38.2 Å². The van der Waals surface area contributed by atoms with Gasteiger partial charge in [0.2, 0.25) is 0 Å². The van der Waals surface area contributed by atoms with Crippen molar-refractivity contribution >= 4 is 0 Å². The molecule has 4 aliphatic rings. The first kappa shape index (κ1) is 12.0. The molecule has 2 fully saturated rings. The van der Waals surface area contributed by atoms with E-state index in [1.807, 2.05) is 11.1 Å². The van der Waals surface area contributed by atoms with Crippen molar-refractivity contribution in [2.45, 2.75) is 58.8 Å². The summed E-state index contributed by atoms with van der Waals surface area (Å²) in [5.41, 5.74) is 4.79. The van der Waals surface area contributed by atoms with Gasteiger partial charge in [0, 0.05) is 0 Å². The Bertz CT molecular complexity index is 492. The van der Waals surface area contributed by atoms with Gasteiger partial charge in [0.15, 0.2) is 0 Å². The molecule has 0 saturated heterocycles. The first-order chi connectivity index (χ1) is 9.13. The normalized spacial score (nSPS) is 47.9. The highest BCUT2D eigenvalue weighted by Gasteiger charge is 2.50. The van der Waals surface area contributed by atoms with Crippen LogP contribution in [0.2, 0.25) is 0 Å². The molecule has 0 heterocycles. The third-order valence-corrected chi connectivity index (χ3v) is 6.86. The molecule has 2 saturated carbocycles. The van der Waals surface area contributed by atoms with Crippen LogP contribution in [-0.4, -0.2) is 0 Å². The summed E-state index contributed by atoms with van der Waals surface area (Å²) >= 11 is 0. The lowest BCUT2D eigenvalue weighted by Gasteiger charge is -2.52. The topological polar surface area (TPSA) is 0 Å². The molecule has 0 bridgehead atoms. The van der Waals surface area contributed by atoms with E-state index in [0.29, 0.717) is 10.8 Å². The average Bonchev–Trinajstić information content (AvgIpc) is 2.79. The fourth-order valence-corrected chi connectivity index (χ4v) is 5.68. The van der Waals surface area contributed by atoms with Gasteiger partial charge in [0.25, 0.3) is 0 Å². The second-order valence-electron chi connectivity index (χ2n) is 7.76. The maximum atomic E-state index is 2.55. The highest BCUT2D eigenvalue weighted by molar-refractivity contribution is 5.36. The van der Waals surface area contributed by atoms with Crippen molar-refractivity contribution in [3.05, 3.63) is 35.5 Å². The third-order valence-electron chi connectivity index (χ3n) is 6.86. The summed E-state index contributed by atoms with van der Waals surface area (Å²) in [6.07, 6.45) is 19.5. The smallest absolute Gasteiger partial charge is 0.00150 e. The van der Waals surface area contributed by atoms with Crippen LogP contribution in [0.5, 0.6) is 0 Å². The lowest BCUT2D eigenvalue weighted by atomic mass is 9.52. The van der Waals surface area contributed by atoms with Crippen molar-refractivity contribution in [3.8, 4) is 0 Å². The summed E-state index contributed by atoms with van der Waals surface area (Å²) in [5, 5.41) is 0. The van der Waals surface area contributed by atoms with Crippen LogP contribution in [0.15, 0.2) is 35.5 Å². The first-order valence-electron chi connectivity index (χ1n) is 8.22. The van der Waals surface area contributed by atoms with Gasteiger partial charge in [-0.15, -0.1) is 0 Å². The molecule has 19 heavy (non-hydrogen) atoms. The largest absolute Gasteiger partial charge is 0.0805 e. The van der Waals surface area contributed by atoms with E-state index in [1.165, 1.54) is 44.9 Å². The Morgan fingerprint density at radius 1 is 1.05 bits per heavy atom. The second kappa shape index (κ2) is 3.87. The van der Waals surface area contributed by atoms with Gasteiger partial charge in [-0.25, -0.2) is 0 Å². The Morgan fingerprint density at radius 3 is 2.84 bits per heavy atom. The Morgan fingerprint density at radius 2 is 1.95 bits per heavy atom. The van der Waals surface area contributed by atoms with Gasteiger partial charge in [-0.1, -0.05) is 49.3 Å². The molecular weight excluding hydrogens is 228 g/mol. The minimum absolute atomic E-state index is 0.416. The van der Waals surface area contributed by atoms with Crippen LogP contribution < -0.4 is 0 Å². The maximum Gasteiger partial charge on any atom is -0.00150 e. The van der Waals surface area contributed by atoms with Crippen LogP contribution in [0.3, 0.4) is 0 Å². The molecule has 0 nitrogen and oxygen atoms in total. The molecule has 0 aromatic heterocycles. The SMILES string of the molecule is C[C@@]12CCCC1=C1CCC3C=CC=C[C@]3(C)[C@H]1CC2. The molecule has 0 spiro atoms. The van der Waals surface area contributed by atoms with Crippen molar-refractivity contribution < 1.29 is 0 Å². The van der Waals surface area contributed by atoms with E-state index in [0.717, 1.165) is 11.8 Å². The summed E-state index contributed by atoms with van der Waals surface area (Å²) in [4.78, 5) is 0. The van der Waals surface area contributed by atoms with Gasteiger partial charge in [-0.3, -0.25) is 0 Å². The van der Waals surface area contributed by atoms with Crippen LogP contribution >= 0.6 is 0 Å². The first-order valence-corrected chi connectivity index (χ1v) is 8.22. The number of allylic oxidation sites excluding steroid dienone is 6. The minimum atomic E-state index is 0.416. The molecule has 4 aliphatic carbocycles. The fraction of sp³-hybridized carbons (Fsp3) is 0.684. The molecule has 0 N–H and O–H groups in total.